The molecule has 0 aliphatic carbocycles. The number of hydrogen-bond acceptors (Lipinski definition) is 2. The molecule has 0 radical (unpaired) electrons. The minimum atomic E-state index is 0. The van der Waals surface area contributed by atoms with Gasteiger partial charge in [-0.15, -0.1) is 24.8 Å². The van der Waals surface area contributed by atoms with Crippen molar-refractivity contribution < 1.29 is 0 Å². The number of nitrogens with two attached hydrogens (primary N) is 1. The molecule has 1 rings (SSSR count). The molecule has 4 heteroatoms. The lowest BCUT2D eigenvalue weighted by atomic mass is 10.1. The van der Waals surface area contributed by atoms with Gasteiger partial charge in [0, 0.05) is 19.8 Å². The molecule has 0 saturated heterocycles. The van der Waals surface area contributed by atoms with E-state index in [2.05, 4.69) is 29.2 Å². The lowest BCUT2D eigenvalue weighted by Gasteiger charge is -2.12. The van der Waals surface area contributed by atoms with Gasteiger partial charge in [-0.25, -0.2) is 0 Å². The quantitative estimate of drug-likeness (QED) is 0.872. The smallest absolute Gasteiger partial charge is 0.0361 e. The SMILES string of the molecule is CN(C)c1ccc(CCN)cc1.Cl.Cl. The number of halogens is 2. The van der Waals surface area contributed by atoms with Crippen molar-refractivity contribution in [1.29, 1.82) is 0 Å². The molecule has 2 nitrogen and oxygen atoms in total. The maximum absolute atomic E-state index is 5.45. The first-order valence-corrected chi connectivity index (χ1v) is 4.20. The summed E-state index contributed by atoms with van der Waals surface area (Å²) in [5, 5.41) is 0. The largest absolute Gasteiger partial charge is 0.378 e. The molecule has 14 heavy (non-hydrogen) atoms. The maximum atomic E-state index is 5.45. The van der Waals surface area contributed by atoms with Crippen LogP contribution < -0.4 is 10.6 Å². The monoisotopic (exact) mass is 236 g/mol. The number of rotatable bonds is 3. The summed E-state index contributed by atoms with van der Waals surface area (Å²) < 4.78 is 0. The van der Waals surface area contributed by atoms with Gasteiger partial charge in [-0.2, -0.15) is 0 Å². The van der Waals surface area contributed by atoms with Gasteiger partial charge in [0.05, 0.1) is 0 Å². The summed E-state index contributed by atoms with van der Waals surface area (Å²) in [6.45, 7) is 0.724. The van der Waals surface area contributed by atoms with Crippen molar-refractivity contribution in [3.63, 3.8) is 0 Å². The fourth-order valence-corrected chi connectivity index (χ4v) is 1.13. The van der Waals surface area contributed by atoms with Crippen molar-refractivity contribution in [2.45, 2.75) is 6.42 Å². The lowest BCUT2D eigenvalue weighted by Crippen LogP contribution is -2.08. The molecule has 0 bridgehead atoms. The van der Waals surface area contributed by atoms with Gasteiger partial charge in [0.25, 0.3) is 0 Å². The van der Waals surface area contributed by atoms with Crippen molar-refractivity contribution in [3.8, 4) is 0 Å². The fourth-order valence-electron chi connectivity index (χ4n) is 1.13. The molecular formula is C10H18Cl2N2. The number of hydrogen-bond donors (Lipinski definition) is 1. The second-order valence-corrected chi connectivity index (χ2v) is 3.10. The standard InChI is InChI=1S/C10H16N2.2ClH/c1-12(2)10-5-3-9(4-6-10)7-8-11;;/h3-6H,7-8,11H2,1-2H3;2*1H. The van der Waals surface area contributed by atoms with E-state index in [1.54, 1.807) is 0 Å². The molecule has 82 valence electrons. The third kappa shape index (κ3) is 4.70. The van der Waals surface area contributed by atoms with Gasteiger partial charge in [0.2, 0.25) is 0 Å². The Labute approximate surface area is 98.3 Å². The van der Waals surface area contributed by atoms with Crippen LogP contribution >= 0.6 is 24.8 Å². The van der Waals surface area contributed by atoms with Crippen LogP contribution in [0.25, 0.3) is 0 Å². The van der Waals surface area contributed by atoms with Crippen LogP contribution in [0.3, 0.4) is 0 Å². The highest BCUT2D eigenvalue weighted by Gasteiger charge is 1.94. The van der Waals surface area contributed by atoms with E-state index in [0.29, 0.717) is 0 Å². The Kier molecular flexibility index (Phi) is 9.05. The maximum Gasteiger partial charge on any atom is 0.0361 e. The molecule has 0 aliphatic rings. The van der Waals surface area contributed by atoms with Crippen molar-refractivity contribution in [3.05, 3.63) is 29.8 Å². The Balaban J connectivity index is 0. The van der Waals surface area contributed by atoms with Gasteiger partial charge in [0.1, 0.15) is 0 Å². The molecule has 0 amide bonds. The molecule has 0 aliphatic heterocycles. The van der Waals surface area contributed by atoms with E-state index in [-0.39, 0.29) is 24.8 Å². The van der Waals surface area contributed by atoms with Crippen LogP contribution in [0.5, 0.6) is 0 Å². The zero-order valence-electron chi connectivity index (χ0n) is 8.56. The molecule has 0 aromatic heterocycles. The molecule has 0 heterocycles. The van der Waals surface area contributed by atoms with Crippen LogP contribution in [-0.4, -0.2) is 20.6 Å². The summed E-state index contributed by atoms with van der Waals surface area (Å²) in [6.07, 6.45) is 0.966. The summed E-state index contributed by atoms with van der Waals surface area (Å²) in [5.74, 6) is 0. The first-order valence-electron chi connectivity index (χ1n) is 4.20. The highest BCUT2D eigenvalue weighted by Crippen LogP contribution is 2.11. The minimum Gasteiger partial charge on any atom is -0.378 e. The first kappa shape index (κ1) is 16.0. The molecule has 0 unspecified atom stereocenters. The van der Waals surface area contributed by atoms with Gasteiger partial charge < -0.3 is 10.6 Å². The van der Waals surface area contributed by atoms with Crippen LogP contribution in [0.4, 0.5) is 5.69 Å². The Morgan fingerprint density at radius 1 is 1.07 bits per heavy atom. The molecule has 1 aromatic carbocycles. The Morgan fingerprint density at radius 2 is 1.57 bits per heavy atom. The number of benzene rings is 1. The summed E-state index contributed by atoms with van der Waals surface area (Å²) in [6, 6.07) is 8.49. The summed E-state index contributed by atoms with van der Waals surface area (Å²) in [4.78, 5) is 2.09. The molecule has 0 spiro atoms. The number of nitrogens with zero attached hydrogens (tertiary/aromatic N) is 1. The predicted molar refractivity (Wildman–Crippen MR) is 68.0 cm³/mol. The Hall–Kier alpha value is -0.440. The van der Waals surface area contributed by atoms with Crippen LogP contribution in [0, 0.1) is 0 Å². The zero-order valence-corrected chi connectivity index (χ0v) is 10.2. The van der Waals surface area contributed by atoms with Gasteiger partial charge in [-0.05, 0) is 30.7 Å². The minimum absolute atomic E-state index is 0. The molecule has 1 aromatic rings. The number of anilines is 1. The Morgan fingerprint density at radius 3 is 1.93 bits per heavy atom. The zero-order chi connectivity index (χ0) is 8.97. The van der Waals surface area contributed by atoms with Crippen LogP contribution in [-0.2, 0) is 6.42 Å². The fraction of sp³-hybridized carbons (Fsp3) is 0.400. The highest BCUT2D eigenvalue weighted by molar-refractivity contribution is 5.85. The van der Waals surface area contributed by atoms with Crippen molar-refractivity contribution in [2.24, 2.45) is 5.73 Å². The van der Waals surface area contributed by atoms with E-state index in [9.17, 15) is 0 Å². The Bertz CT molecular complexity index is 234. The van der Waals surface area contributed by atoms with E-state index in [0.717, 1.165) is 13.0 Å². The molecule has 0 saturated carbocycles. The third-order valence-corrected chi connectivity index (χ3v) is 1.89. The van der Waals surface area contributed by atoms with Crippen molar-refractivity contribution in [1.82, 2.24) is 0 Å². The van der Waals surface area contributed by atoms with E-state index in [1.807, 2.05) is 14.1 Å². The summed E-state index contributed by atoms with van der Waals surface area (Å²) >= 11 is 0. The molecule has 0 fully saturated rings. The lowest BCUT2D eigenvalue weighted by molar-refractivity contribution is 0.967. The van der Waals surface area contributed by atoms with Gasteiger partial charge in [-0.3, -0.25) is 0 Å². The van der Waals surface area contributed by atoms with Crippen LogP contribution in [0.2, 0.25) is 0 Å². The first-order chi connectivity index (χ1) is 5.74. The van der Waals surface area contributed by atoms with E-state index in [1.165, 1.54) is 11.3 Å². The second-order valence-electron chi connectivity index (χ2n) is 3.10. The summed E-state index contributed by atoms with van der Waals surface area (Å²) in [5.41, 5.74) is 7.99. The topological polar surface area (TPSA) is 29.3 Å². The second kappa shape index (κ2) is 7.92. The van der Waals surface area contributed by atoms with E-state index in [4.69, 9.17) is 5.73 Å². The van der Waals surface area contributed by atoms with Crippen LogP contribution in [0.15, 0.2) is 24.3 Å². The van der Waals surface area contributed by atoms with Crippen molar-refractivity contribution in [2.75, 3.05) is 25.5 Å². The van der Waals surface area contributed by atoms with Crippen LogP contribution in [0.1, 0.15) is 5.56 Å². The highest BCUT2D eigenvalue weighted by atomic mass is 35.5. The molecule has 0 atom stereocenters. The summed E-state index contributed by atoms with van der Waals surface area (Å²) in [7, 11) is 4.08. The van der Waals surface area contributed by atoms with Gasteiger partial charge in [-0.1, -0.05) is 12.1 Å². The average Bonchev–Trinajstić information content (AvgIpc) is 2.06. The van der Waals surface area contributed by atoms with Crippen molar-refractivity contribution >= 4 is 30.5 Å². The average molecular weight is 237 g/mol. The molecule has 2 N–H and O–H groups in total. The van der Waals surface area contributed by atoms with E-state index >= 15 is 0 Å². The van der Waals surface area contributed by atoms with Gasteiger partial charge >= 0.3 is 0 Å². The normalized spacial score (nSPS) is 8.50. The predicted octanol–water partition coefficient (Wildman–Crippen LogP) is 2.10. The van der Waals surface area contributed by atoms with Gasteiger partial charge in [0.15, 0.2) is 0 Å². The third-order valence-electron chi connectivity index (χ3n) is 1.89. The molecular weight excluding hydrogens is 219 g/mol. The van der Waals surface area contributed by atoms with E-state index < -0.39 is 0 Å².